The van der Waals surface area contributed by atoms with Crippen molar-refractivity contribution in [1.82, 2.24) is 14.3 Å². The predicted octanol–water partition coefficient (Wildman–Crippen LogP) is -0.0704. The molecule has 1 atom stereocenters. The minimum atomic E-state index is -3.33. The van der Waals surface area contributed by atoms with Crippen LogP contribution < -0.4 is 10.0 Å². The lowest BCUT2D eigenvalue weighted by Gasteiger charge is -2.37. The largest absolute Gasteiger partial charge is 0.381 e. The van der Waals surface area contributed by atoms with Crippen molar-refractivity contribution in [2.24, 2.45) is 5.92 Å². The van der Waals surface area contributed by atoms with Crippen molar-refractivity contribution in [2.45, 2.75) is 37.8 Å². The van der Waals surface area contributed by atoms with E-state index in [9.17, 15) is 8.42 Å². The number of rotatable bonds is 6. The third kappa shape index (κ3) is 3.88. The van der Waals surface area contributed by atoms with Crippen molar-refractivity contribution in [3.63, 3.8) is 0 Å². The highest BCUT2D eigenvalue weighted by atomic mass is 32.2. The molecule has 2 N–H and O–H groups in total. The maximum absolute atomic E-state index is 12.3. The topological polar surface area (TPSA) is 70.7 Å². The molecule has 0 aromatic heterocycles. The second kappa shape index (κ2) is 6.49. The molecule has 0 aromatic rings. The van der Waals surface area contributed by atoms with Crippen LogP contribution in [-0.4, -0.2) is 58.7 Å². The molecule has 2 fully saturated rings. The summed E-state index contributed by atoms with van der Waals surface area (Å²) >= 11 is 0. The molecular weight excluding hydrogens is 266 g/mol. The molecule has 0 bridgehead atoms. The highest BCUT2D eigenvalue weighted by Crippen LogP contribution is 2.25. The van der Waals surface area contributed by atoms with Gasteiger partial charge < -0.3 is 10.1 Å². The fourth-order valence-electron chi connectivity index (χ4n) is 2.84. The van der Waals surface area contributed by atoms with Gasteiger partial charge in [-0.15, -0.1) is 0 Å². The van der Waals surface area contributed by atoms with Crippen molar-refractivity contribution in [1.29, 1.82) is 0 Å². The second-order valence-corrected chi connectivity index (χ2v) is 7.28. The Morgan fingerprint density at radius 2 is 2.11 bits per heavy atom. The summed E-state index contributed by atoms with van der Waals surface area (Å²) in [6, 6.07) is 0.0413. The molecule has 2 aliphatic rings. The zero-order valence-corrected chi connectivity index (χ0v) is 12.6. The summed E-state index contributed by atoms with van der Waals surface area (Å²) in [5.41, 5.74) is 0. The molecule has 19 heavy (non-hydrogen) atoms. The molecule has 2 rings (SSSR count). The van der Waals surface area contributed by atoms with Gasteiger partial charge >= 0.3 is 0 Å². The van der Waals surface area contributed by atoms with Crippen molar-refractivity contribution < 1.29 is 13.2 Å². The Morgan fingerprint density at radius 3 is 2.74 bits per heavy atom. The van der Waals surface area contributed by atoms with Crippen LogP contribution in [0.15, 0.2) is 0 Å². The number of hydrogen-bond acceptors (Lipinski definition) is 4. The first kappa shape index (κ1) is 15.2. The van der Waals surface area contributed by atoms with E-state index in [0.717, 1.165) is 32.2 Å². The van der Waals surface area contributed by atoms with Crippen LogP contribution in [0.5, 0.6) is 0 Å². The summed E-state index contributed by atoms with van der Waals surface area (Å²) in [5.74, 6) is 0.420. The molecule has 112 valence electrons. The fraction of sp³-hybridized carbons (Fsp3) is 1.00. The summed E-state index contributed by atoms with van der Waals surface area (Å²) in [6.45, 7) is 2.13. The SMILES string of the molecule is CNCC1CCCN(S(=O)(=O)NC2CC(OC)C2)C1. The summed E-state index contributed by atoms with van der Waals surface area (Å²) in [6.07, 6.45) is 3.82. The van der Waals surface area contributed by atoms with E-state index in [4.69, 9.17) is 4.74 Å². The lowest BCUT2D eigenvalue weighted by atomic mass is 9.90. The molecule has 0 aromatic carbocycles. The highest BCUT2D eigenvalue weighted by molar-refractivity contribution is 7.87. The third-order valence-electron chi connectivity index (χ3n) is 4.06. The van der Waals surface area contributed by atoms with Gasteiger partial charge in [-0.1, -0.05) is 0 Å². The molecule has 1 saturated carbocycles. The molecule has 7 heteroatoms. The van der Waals surface area contributed by atoms with Gasteiger partial charge in [0.1, 0.15) is 0 Å². The zero-order chi connectivity index (χ0) is 13.9. The molecule has 1 heterocycles. The Balaban J connectivity index is 1.85. The summed E-state index contributed by atoms with van der Waals surface area (Å²) in [4.78, 5) is 0. The lowest BCUT2D eigenvalue weighted by Crippen LogP contribution is -2.54. The first-order chi connectivity index (χ1) is 9.05. The van der Waals surface area contributed by atoms with Gasteiger partial charge in [-0.3, -0.25) is 0 Å². The van der Waals surface area contributed by atoms with E-state index < -0.39 is 10.2 Å². The molecular formula is C12H25N3O3S. The minimum Gasteiger partial charge on any atom is -0.381 e. The van der Waals surface area contributed by atoms with Crippen LogP contribution in [0.4, 0.5) is 0 Å². The van der Waals surface area contributed by atoms with Gasteiger partial charge in [-0.25, -0.2) is 0 Å². The summed E-state index contributed by atoms with van der Waals surface area (Å²) in [7, 11) is 0.250. The van der Waals surface area contributed by atoms with Crippen LogP contribution in [0.2, 0.25) is 0 Å². The first-order valence-corrected chi connectivity index (χ1v) is 8.44. The molecule has 0 spiro atoms. The van der Waals surface area contributed by atoms with E-state index in [-0.39, 0.29) is 12.1 Å². The van der Waals surface area contributed by atoms with Crippen molar-refractivity contribution in [3.05, 3.63) is 0 Å². The van der Waals surface area contributed by atoms with Crippen molar-refractivity contribution >= 4 is 10.2 Å². The van der Waals surface area contributed by atoms with Gasteiger partial charge in [-0.05, 0) is 45.2 Å². The van der Waals surface area contributed by atoms with Crippen LogP contribution in [0.3, 0.4) is 0 Å². The molecule has 0 amide bonds. The van der Waals surface area contributed by atoms with E-state index in [1.807, 2.05) is 7.05 Å². The Labute approximate surface area is 116 Å². The van der Waals surface area contributed by atoms with E-state index >= 15 is 0 Å². The second-order valence-electron chi connectivity index (χ2n) is 5.57. The number of ether oxygens (including phenoxy) is 1. The number of nitrogens with one attached hydrogen (secondary N) is 2. The van der Waals surface area contributed by atoms with Crippen LogP contribution >= 0.6 is 0 Å². The average molecular weight is 291 g/mol. The third-order valence-corrected chi connectivity index (χ3v) is 5.70. The monoisotopic (exact) mass is 291 g/mol. The van der Waals surface area contributed by atoms with Gasteiger partial charge in [0.2, 0.25) is 0 Å². The van der Waals surface area contributed by atoms with E-state index in [0.29, 0.717) is 19.0 Å². The molecule has 1 saturated heterocycles. The predicted molar refractivity (Wildman–Crippen MR) is 74.1 cm³/mol. The molecule has 1 unspecified atom stereocenters. The summed E-state index contributed by atoms with van der Waals surface area (Å²) < 4.78 is 34.1. The van der Waals surface area contributed by atoms with Gasteiger partial charge in [0.15, 0.2) is 0 Å². The van der Waals surface area contributed by atoms with Crippen molar-refractivity contribution in [3.8, 4) is 0 Å². The smallest absolute Gasteiger partial charge is 0.279 e. The Morgan fingerprint density at radius 1 is 1.37 bits per heavy atom. The van der Waals surface area contributed by atoms with Crippen LogP contribution in [-0.2, 0) is 14.9 Å². The maximum atomic E-state index is 12.3. The molecule has 1 aliphatic heterocycles. The minimum absolute atomic E-state index is 0.0413. The Hall–Kier alpha value is -0.210. The number of piperidine rings is 1. The van der Waals surface area contributed by atoms with Gasteiger partial charge in [0.25, 0.3) is 10.2 Å². The van der Waals surface area contributed by atoms with E-state index in [2.05, 4.69) is 10.0 Å². The fourth-order valence-corrected chi connectivity index (χ4v) is 4.38. The van der Waals surface area contributed by atoms with Gasteiger partial charge in [0.05, 0.1) is 6.10 Å². The number of hydrogen-bond donors (Lipinski definition) is 2. The Kier molecular flexibility index (Phi) is 5.19. The highest BCUT2D eigenvalue weighted by Gasteiger charge is 2.35. The van der Waals surface area contributed by atoms with Gasteiger partial charge in [0, 0.05) is 26.2 Å². The Bertz CT molecular complexity index is 380. The molecule has 1 aliphatic carbocycles. The molecule has 0 radical (unpaired) electrons. The van der Waals surface area contributed by atoms with E-state index in [1.54, 1.807) is 11.4 Å². The summed E-state index contributed by atoms with van der Waals surface area (Å²) in [5, 5.41) is 3.13. The average Bonchev–Trinajstić information content (AvgIpc) is 2.34. The normalized spacial score (nSPS) is 33.1. The van der Waals surface area contributed by atoms with E-state index in [1.165, 1.54) is 0 Å². The molecule has 6 nitrogen and oxygen atoms in total. The zero-order valence-electron chi connectivity index (χ0n) is 11.8. The van der Waals surface area contributed by atoms with Gasteiger partial charge in [-0.2, -0.15) is 17.4 Å². The number of methoxy groups -OCH3 is 1. The van der Waals surface area contributed by atoms with Crippen LogP contribution in [0, 0.1) is 5.92 Å². The van der Waals surface area contributed by atoms with Crippen molar-refractivity contribution in [2.75, 3.05) is 33.8 Å². The quantitative estimate of drug-likeness (QED) is 0.719. The maximum Gasteiger partial charge on any atom is 0.279 e. The number of nitrogens with zero attached hydrogens (tertiary/aromatic N) is 1. The standard InChI is InChI=1S/C12H25N3O3S/c1-13-8-10-4-3-5-15(9-10)19(16,17)14-11-6-12(7-11)18-2/h10-14H,3-9H2,1-2H3. The van der Waals surface area contributed by atoms with Crippen LogP contribution in [0.1, 0.15) is 25.7 Å². The lowest BCUT2D eigenvalue weighted by molar-refractivity contribution is 0.0231. The van der Waals surface area contributed by atoms with Crippen LogP contribution in [0.25, 0.3) is 0 Å². The first-order valence-electron chi connectivity index (χ1n) is 7.00.